The smallest absolute Gasteiger partial charge is 0.267 e. The van der Waals surface area contributed by atoms with Gasteiger partial charge in [-0.2, -0.15) is 0 Å². The molecule has 0 spiro atoms. The van der Waals surface area contributed by atoms with E-state index in [0.29, 0.717) is 0 Å². The predicted molar refractivity (Wildman–Crippen MR) is 70.2 cm³/mol. The third-order valence-corrected chi connectivity index (χ3v) is 4.18. The highest BCUT2D eigenvalue weighted by molar-refractivity contribution is 7.92. The molecule has 2 aromatic rings. The standard InChI is InChI=1S/C12H7ClF3NO3S/c13-7-2-1-3-10(11(7)18)17-21(19,20)12-8(15)4-6(14)5-9(12)16/h1-5,17-18H. The lowest BCUT2D eigenvalue weighted by molar-refractivity contribution is 0.477. The van der Waals surface area contributed by atoms with E-state index in [2.05, 4.69) is 0 Å². The third kappa shape index (κ3) is 3.06. The van der Waals surface area contributed by atoms with Crippen LogP contribution in [0.25, 0.3) is 0 Å². The van der Waals surface area contributed by atoms with Gasteiger partial charge in [-0.3, -0.25) is 4.72 Å². The Kier molecular flexibility index (Phi) is 4.02. The number of anilines is 1. The minimum Gasteiger partial charge on any atom is -0.504 e. The van der Waals surface area contributed by atoms with Crippen molar-refractivity contribution in [1.82, 2.24) is 0 Å². The van der Waals surface area contributed by atoms with Gasteiger partial charge >= 0.3 is 0 Å². The molecule has 0 fully saturated rings. The van der Waals surface area contributed by atoms with Crippen LogP contribution in [-0.4, -0.2) is 13.5 Å². The van der Waals surface area contributed by atoms with E-state index < -0.39 is 38.1 Å². The molecule has 0 aliphatic carbocycles. The largest absolute Gasteiger partial charge is 0.504 e. The maximum Gasteiger partial charge on any atom is 0.267 e. The van der Waals surface area contributed by atoms with Crippen molar-refractivity contribution in [2.24, 2.45) is 0 Å². The van der Waals surface area contributed by atoms with Crippen LogP contribution >= 0.6 is 11.6 Å². The zero-order valence-corrected chi connectivity index (χ0v) is 11.6. The Bertz CT molecular complexity index is 788. The second-order valence-electron chi connectivity index (χ2n) is 3.94. The van der Waals surface area contributed by atoms with Crippen molar-refractivity contribution in [3.63, 3.8) is 0 Å². The number of halogens is 4. The number of aromatic hydroxyl groups is 1. The summed E-state index contributed by atoms with van der Waals surface area (Å²) in [6.45, 7) is 0. The average molecular weight is 338 g/mol. The second-order valence-corrected chi connectivity index (χ2v) is 5.97. The zero-order chi connectivity index (χ0) is 15.8. The number of phenols is 1. The molecule has 21 heavy (non-hydrogen) atoms. The fraction of sp³-hybridized carbons (Fsp3) is 0. The minimum absolute atomic E-state index is 0.157. The van der Waals surface area contributed by atoms with Crippen LogP contribution in [-0.2, 0) is 10.0 Å². The van der Waals surface area contributed by atoms with Crippen LogP contribution in [0.15, 0.2) is 35.2 Å². The molecule has 2 aromatic carbocycles. The summed E-state index contributed by atoms with van der Waals surface area (Å²) >= 11 is 5.59. The summed E-state index contributed by atoms with van der Waals surface area (Å²) in [5.41, 5.74) is -0.370. The van der Waals surface area contributed by atoms with E-state index in [1.165, 1.54) is 12.1 Å². The fourth-order valence-corrected chi connectivity index (χ4v) is 2.94. The van der Waals surface area contributed by atoms with Crippen LogP contribution in [0.1, 0.15) is 0 Å². The molecule has 0 aliphatic heterocycles. The summed E-state index contributed by atoms with van der Waals surface area (Å²) in [5, 5.41) is 9.43. The zero-order valence-electron chi connectivity index (χ0n) is 10.1. The van der Waals surface area contributed by atoms with Crippen LogP contribution in [0.5, 0.6) is 5.75 Å². The SMILES string of the molecule is O=S(=O)(Nc1cccc(Cl)c1O)c1c(F)cc(F)cc1F. The Morgan fingerprint density at radius 2 is 1.67 bits per heavy atom. The molecule has 2 N–H and O–H groups in total. The number of hydrogen-bond acceptors (Lipinski definition) is 3. The lowest BCUT2D eigenvalue weighted by atomic mass is 10.3. The van der Waals surface area contributed by atoms with Gasteiger partial charge in [-0.25, -0.2) is 21.6 Å². The summed E-state index contributed by atoms with van der Waals surface area (Å²) in [6.07, 6.45) is 0. The van der Waals surface area contributed by atoms with Gasteiger partial charge in [0.2, 0.25) is 0 Å². The van der Waals surface area contributed by atoms with Gasteiger partial charge in [0, 0.05) is 12.1 Å². The first-order valence-electron chi connectivity index (χ1n) is 5.37. The molecule has 0 atom stereocenters. The van der Waals surface area contributed by atoms with Gasteiger partial charge in [0.1, 0.15) is 17.5 Å². The summed E-state index contributed by atoms with van der Waals surface area (Å²) in [4.78, 5) is -1.36. The highest BCUT2D eigenvalue weighted by Crippen LogP contribution is 2.33. The van der Waals surface area contributed by atoms with Crippen molar-refractivity contribution in [2.45, 2.75) is 4.90 Å². The van der Waals surface area contributed by atoms with E-state index >= 15 is 0 Å². The van der Waals surface area contributed by atoms with E-state index in [9.17, 15) is 26.7 Å². The molecule has 4 nitrogen and oxygen atoms in total. The van der Waals surface area contributed by atoms with Crippen LogP contribution in [0.2, 0.25) is 5.02 Å². The van der Waals surface area contributed by atoms with Crippen LogP contribution in [0, 0.1) is 17.5 Å². The lowest BCUT2D eigenvalue weighted by Gasteiger charge is -2.11. The number of sulfonamides is 1. The number of hydrogen-bond donors (Lipinski definition) is 2. The van der Waals surface area contributed by atoms with Crippen molar-refractivity contribution in [3.05, 3.63) is 52.8 Å². The molecule has 0 heterocycles. The van der Waals surface area contributed by atoms with Gasteiger partial charge in [0.05, 0.1) is 10.7 Å². The molecule has 0 radical (unpaired) electrons. The molecule has 112 valence electrons. The molecule has 0 bridgehead atoms. The van der Waals surface area contributed by atoms with Gasteiger partial charge in [0.25, 0.3) is 10.0 Å². The number of benzene rings is 2. The number of phenolic OH excluding ortho intramolecular Hbond substituents is 1. The van der Waals surface area contributed by atoms with Crippen molar-refractivity contribution in [3.8, 4) is 5.75 Å². The normalized spacial score (nSPS) is 11.4. The van der Waals surface area contributed by atoms with Crippen LogP contribution in [0.4, 0.5) is 18.9 Å². The van der Waals surface area contributed by atoms with Crippen molar-refractivity contribution < 1.29 is 26.7 Å². The van der Waals surface area contributed by atoms with Gasteiger partial charge in [0.15, 0.2) is 10.6 Å². The third-order valence-electron chi connectivity index (χ3n) is 2.46. The Hall–Kier alpha value is -1.93. The first-order chi connectivity index (χ1) is 9.72. The quantitative estimate of drug-likeness (QED) is 0.845. The number of rotatable bonds is 3. The topological polar surface area (TPSA) is 66.4 Å². The highest BCUT2D eigenvalue weighted by atomic mass is 35.5. The molecular weight excluding hydrogens is 331 g/mol. The molecule has 9 heteroatoms. The lowest BCUT2D eigenvalue weighted by Crippen LogP contribution is -2.17. The average Bonchev–Trinajstić information content (AvgIpc) is 2.33. The molecular formula is C12H7ClF3NO3S. The van der Waals surface area contributed by atoms with Crippen molar-refractivity contribution in [2.75, 3.05) is 4.72 Å². The van der Waals surface area contributed by atoms with Gasteiger partial charge < -0.3 is 5.11 Å². The molecule has 0 unspecified atom stereocenters. The van der Waals surface area contributed by atoms with Crippen LogP contribution in [0.3, 0.4) is 0 Å². The van der Waals surface area contributed by atoms with E-state index in [1.807, 2.05) is 0 Å². The van der Waals surface area contributed by atoms with Gasteiger partial charge in [-0.05, 0) is 12.1 Å². The first-order valence-corrected chi connectivity index (χ1v) is 7.23. The molecule has 2 rings (SSSR count). The Morgan fingerprint density at radius 1 is 1.10 bits per heavy atom. The fourth-order valence-electron chi connectivity index (χ4n) is 1.58. The summed E-state index contributed by atoms with van der Waals surface area (Å²) in [7, 11) is -4.72. The predicted octanol–water partition coefficient (Wildman–Crippen LogP) is 3.26. The molecule has 0 aliphatic rings. The highest BCUT2D eigenvalue weighted by Gasteiger charge is 2.26. The first kappa shape index (κ1) is 15.5. The van der Waals surface area contributed by atoms with E-state index in [1.54, 1.807) is 4.72 Å². The maximum atomic E-state index is 13.5. The number of nitrogens with one attached hydrogen (secondary N) is 1. The van der Waals surface area contributed by atoms with Crippen molar-refractivity contribution >= 4 is 27.3 Å². The van der Waals surface area contributed by atoms with E-state index in [0.717, 1.165) is 6.07 Å². The van der Waals surface area contributed by atoms with Crippen LogP contribution < -0.4 is 4.72 Å². The Balaban J connectivity index is 2.51. The Morgan fingerprint density at radius 3 is 2.24 bits per heavy atom. The number of para-hydroxylation sites is 1. The van der Waals surface area contributed by atoms with Crippen molar-refractivity contribution in [1.29, 1.82) is 0 Å². The molecule has 0 saturated heterocycles. The van der Waals surface area contributed by atoms with E-state index in [-0.39, 0.29) is 22.8 Å². The summed E-state index contributed by atoms with van der Waals surface area (Å²) < 4.78 is 65.5. The monoisotopic (exact) mass is 337 g/mol. The molecule has 0 aromatic heterocycles. The van der Waals surface area contributed by atoms with E-state index in [4.69, 9.17) is 11.6 Å². The summed E-state index contributed by atoms with van der Waals surface area (Å²) in [5.74, 6) is -5.05. The molecule has 0 saturated carbocycles. The maximum absolute atomic E-state index is 13.5. The van der Waals surface area contributed by atoms with Gasteiger partial charge in [-0.15, -0.1) is 0 Å². The van der Waals surface area contributed by atoms with Gasteiger partial charge in [-0.1, -0.05) is 17.7 Å². The minimum atomic E-state index is -4.72. The summed E-state index contributed by atoms with van der Waals surface area (Å²) in [6, 6.07) is 4.20. The second kappa shape index (κ2) is 5.45. The Labute approximate surface area is 122 Å². The molecule has 0 amide bonds.